The van der Waals surface area contributed by atoms with Gasteiger partial charge in [0.2, 0.25) is 0 Å². The molecule has 2 aromatic carbocycles. The molecule has 0 fully saturated rings. The molecular weight excluding hydrogens is 500 g/mol. The first-order valence-corrected chi connectivity index (χ1v) is 11.8. The van der Waals surface area contributed by atoms with Crippen molar-refractivity contribution in [3.63, 3.8) is 0 Å². The van der Waals surface area contributed by atoms with Crippen LogP contribution in [0.4, 0.5) is 0 Å². The first-order chi connectivity index (χ1) is 16.8. The van der Waals surface area contributed by atoms with Crippen LogP contribution in [0.3, 0.4) is 0 Å². The molecule has 0 saturated carbocycles. The summed E-state index contributed by atoms with van der Waals surface area (Å²) in [4.78, 5) is 3.96. The molecule has 14 heteroatoms. The quantitative estimate of drug-likeness (QED) is 0.138. The first-order valence-electron chi connectivity index (χ1n) is 9.68. The monoisotopic (exact) mass is 522 g/mol. The predicted octanol–water partition coefficient (Wildman–Crippen LogP) is 3.11. The average Bonchev–Trinajstić information content (AvgIpc) is 3.29. The van der Waals surface area contributed by atoms with E-state index in [0.29, 0.717) is 29.5 Å². The van der Waals surface area contributed by atoms with E-state index in [-0.39, 0.29) is 11.5 Å². The zero-order valence-corrected chi connectivity index (χ0v) is 20.2. The molecule has 0 saturated heterocycles. The third-order valence-corrected chi connectivity index (χ3v) is 5.09. The Morgan fingerprint density at radius 1 is 0.886 bits per heavy atom. The number of hydrogen-bond acceptors (Lipinski definition) is 11. The van der Waals surface area contributed by atoms with Crippen molar-refractivity contribution in [1.82, 2.24) is 10.2 Å². The lowest BCUT2D eigenvalue weighted by Crippen LogP contribution is -2.19. The minimum Gasteiger partial charge on any atom is -0.493 e. The van der Waals surface area contributed by atoms with Crippen LogP contribution in [0.2, 0.25) is 0 Å². The van der Waals surface area contributed by atoms with Crippen molar-refractivity contribution >= 4 is 46.9 Å². The summed E-state index contributed by atoms with van der Waals surface area (Å²) in [7, 11) is -1.25. The number of methoxy groups -OCH3 is 2. The molecule has 0 unspecified atom stereocenters. The van der Waals surface area contributed by atoms with Crippen LogP contribution in [-0.2, 0) is 19.6 Å². The summed E-state index contributed by atoms with van der Waals surface area (Å²) in [6, 6.07) is 11.9. The molecule has 0 bridgehead atoms. The molecular formula is C21H22N4O8S2. The van der Waals surface area contributed by atoms with Crippen molar-refractivity contribution in [2.75, 3.05) is 14.2 Å². The van der Waals surface area contributed by atoms with Crippen molar-refractivity contribution in [3.8, 4) is 23.0 Å². The van der Waals surface area contributed by atoms with E-state index in [9.17, 15) is 8.42 Å². The fourth-order valence-electron chi connectivity index (χ4n) is 2.80. The molecule has 3 rings (SSSR count). The molecule has 1 heterocycles. The second-order valence-corrected chi connectivity index (χ2v) is 8.22. The van der Waals surface area contributed by atoms with E-state index in [4.69, 9.17) is 28.9 Å². The van der Waals surface area contributed by atoms with Crippen LogP contribution in [0.15, 0.2) is 42.5 Å². The molecule has 0 aliphatic carbocycles. The van der Waals surface area contributed by atoms with Crippen molar-refractivity contribution in [1.29, 1.82) is 0 Å². The van der Waals surface area contributed by atoms with Crippen LogP contribution in [-0.4, -0.2) is 32.8 Å². The lowest BCUT2D eigenvalue weighted by Gasteiger charge is -2.08. The molecule has 0 atom stereocenters. The summed E-state index contributed by atoms with van der Waals surface area (Å²) in [6.45, 7) is 0. The van der Waals surface area contributed by atoms with E-state index in [0.717, 1.165) is 16.8 Å². The van der Waals surface area contributed by atoms with Gasteiger partial charge in [-0.05, 0) is 53.6 Å². The second-order valence-electron chi connectivity index (χ2n) is 6.63. The molecule has 1 aromatic heterocycles. The van der Waals surface area contributed by atoms with Gasteiger partial charge in [0.05, 0.1) is 25.6 Å². The zero-order chi connectivity index (χ0) is 25.3. The van der Waals surface area contributed by atoms with E-state index in [1.165, 1.54) is 20.3 Å². The minimum atomic E-state index is -4.16. The summed E-state index contributed by atoms with van der Waals surface area (Å²) in [5.74, 6) is 5.90. The van der Waals surface area contributed by atoms with Gasteiger partial charge < -0.3 is 17.8 Å². The number of H-pyrrole nitrogens is 1. The number of nitrogens with two attached hydrogens (primary N) is 2. The molecule has 0 radical (unpaired) electrons. The largest absolute Gasteiger partial charge is 0.493 e. The molecule has 0 spiro atoms. The van der Waals surface area contributed by atoms with Gasteiger partial charge in [-0.25, -0.2) is 0 Å². The maximum absolute atomic E-state index is 11.1. The van der Waals surface area contributed by atoms with Gasteiger partial charge in [0.1, 0.15) is 0 Å². The number of nitrogens with zero attached hydrogens (tertiary/aromatic N) is 1. The smallest absolute Gasteiger partial charge is 0.380 e. The van der Waals surface area contributed by atoms with Gasteiger partial charge in [0.25, 0.3) is 12.3 Å². The summed E-state index contributed by atoms with van der Waals surface area (Å²) >= 11 is 0.555. The fourth-order valence-corrected chi connectivity index (χ4v) is 3.46. The normalized spacial score (nSPS) is 11.8. The van der Waals surface area contributed by atoms with Gasteiger partial charge in [-0.2, -0.15) is 24.6 Å². The van der Waals surface area contributed by atoms with E-state index in [2.05, 4.69) is 19.5 Å². The molecule has 186 valence electrons. The molecule has 0 aliphatic rings. The maximum Gasteiger partial charge on any atom is 0.380 e. The summed E-state index contributed by atoms with van der Waals surface area (Å²) in [5.41, 5.74) is 3.03. The molecule has 0 aliphatic heterocycles. The second kappa shape index (κ2) is 12.3. The summed E-state index contributed by atoms with van der Waals surface area (Å²) in [6.07, 6.45) is 7.29. The summed E-state index contributed by atoms with van der Waals surface area (Å²) < 4.78 is 47.1. The lowest BCUT2D eigenvalue weighted by molar-refractivity contribution is -0.199. The van der Waals surface area contributed by atoms with Crippen molar-refractivity contribution < 1.29 is 35.6 Å². The molecule has 35 heavy (non-hydrogen) atoms. The molecule has 3 aromatic rings. The minimum absolute atomic E-state index is 0.00719. The van der Waals surface area contributed by atoms with Crippen LogP contribution in [0.1, 0.15) is 22.5 Å². The van der Waals surface area contributed by atoms with Gasteiger partial charge in [-0.15, -0.1) is 9.32 Å². The van der Waals surface area contributed by atoms with E-state index in [1.54, 1.807) is 36.4 Å². The third kappa shape index (κ3) is 8.03. The lowest BCUT2D eigenvalue weighted by atomic mass is 10.1. The average molecular weight is 523 g/mol. The van der Waals surface area contributed by atoms with Gasteiger partial charge in [0.15, 0.2) is 23.0 Å². The Kier molecular flexibility index (Phi) is 9.13. The fraction of sp³-hybridized carbons (Fsp3) is 0.0952. The Morgan fingerprint density at radius 2 is 1.51 bits per heavy atom. The Labute approximate surface area is 206 Å². The highest BCUT2D eigenvalue weighted by molar-refractivity contribution is 7.90. The van der Waals surface area contributed by atoms with Gasteiger partial charge >= 0.3 is 10.3 Å². The van der Waals surface area contributed by atoms with Crippen LogP contribution >= 0.6 is 12.3 Å². The SMILES string of the molecule is COc1cc(/C=C/c2cc(/C=C/c3ccc(OS(N)(=O)=O)c(OC)c3)n[nH]2)ccc1OSOON. The van der Waals surface area contributed by atoms with Crippen molar-refractivity contribution in [2.24, 2.45) is 11.0 Å². The number of nitrogens with one attached hydrogen (secondary N) is 1. The topological polar surface area (TPSA) is 170 Å². The Bertz CT molecular complexity index is 1310. The number of rotatable bonds is 12. The summed E-state index contributed by atoms with van der Waals surface area (Å²) in [5, 5.41) is 12.1. The Hall–Kier alpha value is -3.53. The number of aromatic amines is 1. The number of aromatic nitrogens is 2. The zero-order valence-electron chi connectivity index (χ0n) is 18.5. The highest BCUT2D eigenvalue weighted by Gasteiger charge is 2.11. The Morgan fingerprint density at radius 3 is 2.14 bits per heavy atom. The van der Waals surface area contributed by atoms with Gasteiger partial charge in [-0.3, -0.25) is 5.10 Å². The highest BCUT2D eigenvalue weighted by atomic mass is 32.2. The molecule has 12 nitrogen and oxygen atoms in total. The van der Waals surface area contributed by atoms with Crippen molar-refractivity contribution in [2.45, 2.75) is 0 Å². The van der Waals surface area contributed by atoms with Crippen LogP contribution in [0, 0.1) is 0 Å². The third-order valence-electron chi connectivity index (χ3n) is 4.29. The maximum atomic E-state index is 11.1. The van der Waals surface area contributed by atoms with Gasteiger partial charge in [0, 0.05) is 0 Å². The first kappa shape index (κ1) is 26.1. The number of hydrogen-bond donors (Lipinski definition) is 3. The predicted molar refractivity (Wildman–Crippen MR) is 131 cm³/mol. The van der Waals surface area contributed by atoms with Crippen LogP contribution in [0.25, 0.3) is 24.3 Å². The van der Waals surface area contributed by atoms with Crippen molar-refractivity contribution in [3.05, 3.63) is 65.0 Å². The standard InChI is InChI=1S/C21H22N4O8S2/c1-28-20-11-14(5-9-18(20)30-34-33-32-22)3-7-16-13-17(25-24-16)8-4-15-6-10-19(21(12-15)29-2)31-35(23,26)27/h3-13H,22H2,1-2H3,(H,24,25)(H2,23,26,27)/b7-3+,8-4+. The highest BCUT2D eigenvalue weighted by Crippen LogP contribution is 2.32. The van der Waals surface area contributed by atoms with E-state index in [1.807, 2.05) is 24.3 Å². The Balaban J connectivity index is 1.67. The number of benzene rings is 2. The molecule has 0 amide bonds. The van der Waals surface area contributed by atoms with Crippen LogP contribution in [0.5, 0.6) is 23.0 Å². The van der Waals surface area contributed by atoms with Gasteiger partial charge in [-0.1, -0.05) is 24.3 Å². The van der Waals surface area contributed by atoms with E-state index >= 15 is 0 Å². The molecule has 5 N–H and O–H groups in total. The van der Waals surface area contributed by atoms with E-state index < -0.39 is 10.3 Å². The van der Waals surface area contributed by atoms with Crippen LogP contribution < -0.4 is 28.9 Å². The number of ether oxygens (including phenoxy) is 2.